The van der Waals surface area contributed by atoms with E-state index in [4.69, 9.17) is 9.47 Å². The number of aromatic nitrogens is 2. The first kappa shape index (κ1) is 33.7. The largest absolute Gasteiger partial charge is 0.497 e. The van der Waals surface area contributed by atoms with Crippen LogP contribution >= 0.6 is 0 Å². The number of rotatable bonds is 9. The standard InChI is InChI=1S/C34H50N6O6/c1-6-23(2)30(41)35-29(24-11-8-7-9-12-24)32(42)37-17-19-38(20-18-37)33(43)31-36(3)28-21-26(46-5)14-15-27(28)40(31)34(44)39-16-10-13-25(39)22-45-4/h14-15,21,23-25,29H,6-13,16-20,22H2,1-5H3/p+1/t23-,25+,29+/m1/s1. The summed E-state index contributed by atoms with van der Waals surface area (Å²) < 4.78 is 14.2. The molecule has 3 aliphatic rings. The molecule has 2 aromatic rings. The molecule has 3 atom stereocenters. The summed E-state index contributed by atoms with van der Waals surface area (Å²) in [4.78, 5) is 60.6. The molecule has 5 rings (SSSR count). The Kier molecular flexibility index (Phi) is 10.9. The number of fused-ring (bicyclic) bond motifs is 1. The lowest BCUT2D eigenvalue weighted by molar-refractivity contribution is -0.647. The number of benzene rings is 1. The number of aryl methyl sites for hydroxylation is 1. The van der Waals surface area contributed by atoms with Gasteiger partial charge in [-0.25, -0.2) is 9.36 Å². The zero-order valence-electron chi connectivity index (χ0n) is 28.1. The quantitative estimate of drug-likeness (QED) is 0.422. The first-order chi connectivity index (χ1) is 22.2. The predicted molar refractivity (Wildman–Crippen MR) is 173 cm³/mol. The highest BCUT2D eigenvalue weighted by Crippen LogP contribution is 2.29. The number of ether oxygens (including phenoxy) is 2. The van der Waals surface area contributed by atoms with Crippen molar-refractivity contribution < 1.29 is 33.2 Å². The minimum atomic E-state index is -0.544. The minimum absolute atomic E-state index is 0.0594. The lowest BCUT2D eigenvalue weighted by Crippen LogP contribution is -2.59. The average molecular weight is 640 g/mol. The van der Waals surface area contributed by atoms with E-state index in [0.29, 0.717) is 62.5 Å². The fraction of sp³-hybridized carbons (Fsp3) is 0.676. The van der Waals surface area contributed by atoms with Gasteiger partial charge in [0.15, 0.2) is 11.0 Å². The molecule has 4 amide bonds. The molecule has 2 aliphatic heterocycles. The third-order valence-corrected chi connectivity index (χ3v) is 10.3. The Bertz CT molecular complexity index is 1430. The maximum atomic E-state index is 14.3. The maximum absolute atomic E-state index is 14.3. The summed E-state index contributed by atoms with van der Waals surface area (Å²) in [5.41, 5.74) is 1.33. The highest BCUT2D eigenvalue weighted by atomic mass is 16.5. The topological polar surface area (TPSA) is 117 Å². The number of hydrogen-bond donors (Lipinski definition) is 1. The summed E-state index contributed by atoms with van der Waals surface area (Å²) in [6.45, 7) is 6.28. The molecule has 12 heteroatoms. The molecule has 46 heavy (non-hydrogen) atoms. The predicted octanol–water partition coefficient (Wildman–Crippen LogP) is 2.95. The highest BCUT2D eigenvalue weighted by molar-refractivity contribution is 5.99. The number of hydrogen-bond acceptors (Lipinski definition) is 6. The van der Waals surface area contributed by atoms with Crippen molar-refractivity contribution in [2.45, 2.75) is 77.3 Å². The number of nitrogens with zero attached hydrogens (tertiary/aromatic N) is 5. The van der Waals surface area contributed by atoms with Gasteiger partial charge in [0.05, 0.1) is 26.8 Å². The van der Waals surface area contributed by atoms with E-state index in [9.17, 15) is 19.2 Å². The molecule has 1 aromatic carbocycles. The van der Waals surface area contributed by atoms with Gasteiger partial charge in [-0.3, -0.25) is 19.3 Å². The van der Waals surface area contributed by atoms with E-state index >= 15 is 0 Å². The summed E-state index contributed by atoms with van der Waals surface area (Å²) in [5, 5.41) is 3.11. The Morgan fingerprint density at radius 1 is 0.957 bits per heavy atom. The van der Waals surface area contributed by atoms with Crippen LogP contribution in [0.2, 0.25) is 0 Å². The van der Waals surface area contributed by atoms with Crippen LogP contribution in [0, 0.1) is 11.8 Å². The van der Waals surface area contributed by atoms with Gasteiger partial charge >= 0.3 is 17.8 Å². The zero-order chi connectivity index (χ0) is 33.0. The summed E-state index contributed by atoms with van der Waals surface area (Å²) >= 11 is 0. The van der Waals surface area contributed by atoms with E-state index in [0.717, 1.165) is 44.9 Å². The van der Waals surface area contributed by atoms with Gasteiger partial charge in [0.2, 0.25) is 11.8 Å². The number of carbonyl (C=O) groups excluding carboxylic acids is 4. The normalized spacial score (nSPS) is 20.5. The summed E-state index contributed by atoms with van der Waals surface area (Å²) in [5.74, 6) is 0.452. The van der Waals surface area contributed by atoms with E-state index in [1.807, 2.05) is 26.0 Å². The molecular formula is C34H51N6O6+. The number of piperazine rings is 1. The van der Waals surface area contributed by atoms with Crippen LogP contribution in [-0.4, -0.2) is 109 Å². The lowest BCUT2D eigenvalue weighted by atomic mass is 9.83. The van der Waals surface area contributed by atoms with Crippen molar-refractivity contribution >= 4 is 34.8 Å². The molecule has 0 radical (unpaired) electrons. The Balaban J connectivity index is 1.38. The lowest BCUT2D eigenvalue weighted by Gasteiger charge is -2.38. The molecule has 12 nitrogen and oxygen atoms in total. The Morgan fingerprint density at radius 3 is 2.30 bits per heavy atom. The summed E-state index contributed by atoms with van der Waals surface area (Å²) in [6, 6.07) is 4.60. The molecule has 0 bridgehead atoms. The number of carbonyl (C=O) groups is 4. The number of amides is 4. The van der Waals surface area contributed by atoms with Gasteiger partial charge in [0.1, 0.15) is 11.8 Å². The fourth-order valence-electron chi connectivity index (χ4n) is 7.28. The van der Waals surface area contributed by atoms with Crippen molar-refractivity contribution in [2.75, 3.05) is 53.6 Å². The number of likely N-dealkylation sites (tertiary alicyclic amines) is 1. The average Bonchev–Trinajstić information content (AvgIpc) is 3.68. The van der Waals surface area contributed by atoms with Gasteiger partial charge in [-0.15, -0.1) is 4.57 Å². The van der Waals surface area contributed by atoms with E-state index in [1.165, 1.54) is 4.57 Å². The molecule has 2 saturated heterocycles. The number of nitrogens with one attached hydrogen (secondary N) is 1. The molecule has 3 fully saturated rings. The summed E-state index contributed by atoms with van der Waals surface area (Å²) in [6.07, 6.45) is 7.58. The van der Waals surface area contributed by atoms with Crippen LogP contribution in [0.1, 0.15) is 75.8 Å². The van der Waals surface area contributed by atoms with Crippen LogP contribution in [0.5, 0.6) is 5.75 Å². The molecule has 0 spiro atoms. The smallest absolute Gasteiger partial charge is 0.417 e. The second-order valence-electron chi connectivity index (χ2n) is 13.1. The van der Waals surface area contributed by atoms with Crippen molar-refractivity contribution in [1.82, 2.24) is 24.6 Å². The highest BCUT2D eigenvalue weighted by Gasteiger charge is 2.42. The first-order valence-electron chi connectivity index (χ1n) is 17.0. The van der Waals surface area contributed by atoms with E-state index in [2.05, 4.69) is 5.32 Å². The second kappa shape index (κ2) is 14.8. The molecule has 1 saturated carbocycles. The summed E-state index contributed by atoms with van der Waals surface area (Å²) in [7, 11) is 5.02. The Morgan fingerprint density at radius 2 is 1.65 bits per heavy atom. The Hall–Kier alpha value is -3.67. The maximum Gasteiger partial charge on any atom is 0.417 e. The fourth-order valence-corrected chi connectivity index (χ4v) is 7.28. The van der Waals surface area contributed by atoms with Gasteiger partial charge in [-0.05, 0) is 50.2 Å². The SMILES string of the molecule is CC[C@@H](C)C(=O)N[C@H](C(=O)N1CCN(C(=O)c2n(C(=O)N3CCC[C@H]3COC)c3ccc(OC)cc3[n+]2C)CC1)C1CCCCC1. The van der Waals surface area contributed by atoms with Crippen LogP contribution in [-0.2, 0) is 21.4 Å². The van der Waals surface area contributed by atoms with Crippen molar-refractivity contribution in [2.24, 2.45) is 18.9 Å². The van der Waals surface area contributed by atoms with Crippen LogP contribution in [0.4, 0.5) is 4.79 Å². The zero-order valence-corrected chi connectivity index (χ0v) is 28.1. The van der Waals surface area contributed by atoms with E-state index in [1.54, 1.807) is 46.6 Å². The third kappa shape index (κ3) is 6.72. The van der Waals surface area contributed by atoms with E-state index in [-0.39, 0.29) is 47.5 Å². The van der Waals surface area contributed by atoms with Gasteiger partial charge in [-0.2, -0.15) is 0 Å². The van der Waals surface area contributed by atoms with Crippen molar-refractivity contribution in [1.29, 1.82) is 0 Å². The third-order valence-electron chi connectivity index (χ3n) is 10.3. The molecule has 1 aliphatic carbocycles. The molecule has 252 valence electrons. The molecule has 1 N–H and O–H groups in total. The van der Waals surface area contributed by atoms with Crippen LogP contribution in [0.25, 0.3) is 11.0 Å². The first-order valence-corrected chi connectivity index (χ1v) is 17.0. The number of imidazole rings is 1. The van der Waals surface area contributed by atoms with Crippen LogP contribution < -0.4 is 14.6 Å². The van der Waals surface area contributed by atoms with Crippen molar-refractivity contribution in [3.05, 3.63) is 24.0 Å². The monoisotopic (exact) mass is 639 g/mol. The van der Waals surface area contributed by atoms with Crippen molar-refractivity contribution in [3.8, 4) is 5.75 Å². The minimum Gasteiger partial charge on any atom is -0.497 e. The molecule has 3 heterocycles. The molecule has 1 aromatic heterocycles. The van der Waals surface area contributed by atoms with Crippen LogP contribution in [0.3, 0.4) is 0 Å². The van der Waals surface area contributed by atoms with Crippen LogP contribution in [0.15, 0.2) is 18.2 Å². The molecular weight excluding hydrogens is 588 g/mol. The Labute approximate surface area is 272 Å². The van der Waals surface area contributed by atoms with Gasteiger partial charge in [0, 0.05) is 51.8 Å². The number of methoxy groups -OCH3 is 2. The van der Waals surface area contributed by atoms with E-state index < -0.39 is 6.04 Å². The second-order valence-corrected chi connectivity index (χ2v) is 13.1. The van der Waals surface area contributed by atoms with Gasteiger partial charge < -0.3 is 24.6 Å². The van der Waals surface area contributed by atoms with Crippen molar-refractivity contribution in [3.63, 3.8) is 0 Å². The van der Waals surface area contributed by atoms with Gasteiger partial charge in [0.25, 0.3) is 0 Å². The van der Waals surface area contributed by atoms with Gasteiger partial charge in [-0.1, -0.05) is 33.1 Å². The molecule has 0 unspecified atom stereocenters.